The highest BCUT2D eigenvalue weighted by atomic mass is 16.5. The van der Waals surface area contributed by atoms with Crippen LogP contribution in [0.25, 0.3) is 11.3 Å². The van der Waals surface area contributed by atoms with Crippen molar-refractivity contribution >= 4 is 11.9 Å². The summed E-state index contributed by atoms with van der Waals surface area (Å²) in [6.45, 7) is 3.23. The number of hydrogen-bond donors (Lipinski definition) is 1. The summed E-state index contributed by atoms with van der Waals surface area (Å²) in [7, 11) is 4.31. The van der Waals surface area contributed by atoms with E-state index >= 15 is 0 Å². The number of amides is 1. The van der Waals surface area contributed by atoms with Gasteiger partial charge in [-0.25, -0.2) is 9.48 Å². The van der Waals surface area contributed by atoms with Crippen LogP contribution in [0.3, 0.4) is 0 Å². The Morgan fingerprint density at radius 1 is 1.07 bits per heavy atom. The minimum atomic E-state index is -0.808. The zero-order valence-electron chi connectivity index (χ0n) is 17.1. The number of carbonyl (C=O) groups excluding carboxylic acids is 2. The molecule has 0 aliphatic carbocycles. The first kappa shape index (κ1) is 21.9. The first-order chi connectivity index (χ1) is 13.8. The summed E-state index contributed by atoms with van der Waals surface area (Å²) < 4.78 is 16.2. The highest BCUT2D eigenvalue weighted by molar-refractivity contribution is 5.84. The van der Waals surface area contributed by atoms with Crippen molar-refractivity contribution in [1.29, 1.82) is 0 Å². The lowest BCUT2D eigenvalue weighted by molar-refractivity contribution is -0.146. The van der Waals surface area contributed by atoms with Crippen molar-refractivity contribution in [2.75, 3.05) is 21.3 Å². The van der Waals surface area contributed by atoms with E-state index in [1.54, 1.807) is 38.1 Å². The van der Waals surface area contributed by atoms with E-state index in [9.17, 15) is 14.4 Å². The lowest BCUT2D eigenvalue weighted by atomic mass is 10.0. The first-order valence-corrected chi connectivity index (χ1v) is 8.98. The molecule has 1 heterocycles. The van der Waals surface area contributed by atoms with E-state index < -0.39 is 23.5 Å². The molecule has 0 aliphatic heterocycles. The Morgan fingerprint density at radius 2 is 1.76 bits per heavy atom. The second-order valence-electron chi connectivity index (χ2n) is 6.60. The SMILES string of the molecule is COC(=O)C(NC(=O)Cn1nc(-c2ccc(OC)c(OC)c2)ccc1=O)C(C)C. The first-order valence-electron chi connectivity index (χ1n) is 8.98. The smallest absolute Gasteiger partial charge is 0.328 e. The molecule has 1 aromatic carbocycles. The Hall–Kier alpha value is -3.36. The van der Waals surface area contributed by atoms with E-state index in [1.165, 1.54) is 27.4 Å². The van der Waals surface area contributed by atoms with Crippen molar-refractivity contribution in [1.82, 2.24) is 15.1 Å². The molecule has 2 rings (SSSR count). The third kappa shape index (κ3) is 5.34. The second kappa shape index (κ2) is 9.72. The standard InChI is InChI=1S/C20H25N3O6/c1-12(2)19(20(26)29-5)21-17(24)11-23-18(25)9-7-14(22-23)13-6-8-15(27-3)16(10-13)28-4/h6-10,12,19H,11H2,1-5H3,(H,21,24). The van der Waals surface area contributed by atoms with Crippen molar-refractivity contribution in [3.8, 4) is 22.8 Å². The van der Waals surface area contributed by atoms with Crippen molar-refractivity contribution in [3.63, 3.8) is 0 Å². The molecule has 0 radical (unpaired) electrons. The molecule has 29 heavy (non-hydrogen) atoms. The van der Waals surface area contributed by atoms with Gasteiger partial charge in [0.15, 0.2) is 11.5 Å². The van der Waals surface area contributed by atoms with Crippen LogP contribution >= 0.6 is 0 Å². The Kier molecular flexibility index (Phi) is 7.35. The fourth-order valence-corrected chi connectivity index (χ4v) is 2.69. The van der Waals surface area contributed by atoms with Gasteiger partial charge in [-0.15, -0.1) is 0 Å². The quantitative estimate of drug-likeness (QED) is 0.661. The van der Waals surface area contributed by atoms with E-state index in [2.05, 4.69) is 10.4 Å². The number of nitrogens with one attached hydrogen (secondary N) is 1. The van der Waals surface area contributed by atoms with Crippen LogP contribution in [0.2, 0.25) is 0 Å². The molecule has 1 atom stereocenters. The van der Waals surface area contributed by atoms with Crippen molar-refractivity contribution < 1.29 is 23.8 Å². The number of rotatable bonds is 8. The molecule has 0 bridgehead atoms. The monoisotopic (exact) mass is 403 g/mol. The highest BCUT2D eigenvalue weighted by Crippen LogP contribution is 2.31. The number of benzene rings is 1. The summed E-state index contributed by atoms with van der Waals surface area (Å²) in [4.78, 5) is 36.3. The maximum atomic E-state index is 12.4. The topological polar surface area (TPSA) is 109 Å². The minimum absolute atomic E-state index is 0.172. The van der Waals surface area contributed by atoms with Gasteiger partial charge in [0.25, 0.3) is 5.56 Å². The predicted octanol–water partition coefficient (Wildman–Crippen LogP) is 1.24. The maximum Gasteiger partial charge on any atom is 0.328 e. The molecule has 0 fully saturated rings. The van der Waals surface area contributed by atoms with E-state index in [0.29, 0.717) is 22.8 Å². The molecule has 0 saturated heterocycles. The van der Waals surface area contributed by atoms with Crippen molar-refractivity contribution in [3.05, 3.63) is 40.7 Å². The van der Waals surface area contributed by atoms with Crippen LogP contribution in [0.15, 0.2) is 35.1 Å². The van der Waals surface area contributed by atoms with Crippen LogP contribution in [0, 0.1) is 5.92 Å². The van der Waals surface area contributed by atoms with Gasteiger partial charge in [0.2, 0.25) is 5.91 Å². The third-order valence-electron chi connectivity index (χ3n) is 4.28. The predicted molar refractivity (Wildman–Crippen MR) is 106 cm³/mol. The van der Waals surface area contributed by atoms with Gasteiger partial charge in [0.05, 0.1) is 27.0 Å². The average Bonchev–Trinajstić information content (AvgIpc) is 2.72. The average molecular weight is 403 g/mol. The second-order valence-corrected chi connectivity index (χ2v) is 6.60. The number of aromatic nitrogens is 2. The molecule has 0 aliphatic rings. The Balaban J connectivity index is 2.26. The van der Waals surface area contributed by atoms with Crippen LogP contribution in [0.5, 0.6) is 11.5 Å². The zero-order chi connectivity index (χ0) is 21.6. The molecular weight excluding hydrogens is 378 g/mol. The highest BCUT2D eigenvalue weighted by Gasteiger charge is 2.25. The summed E-state index contributed by atoms with van der Waals surface area (Å²) in [5.74, 6) is -0.165. The van der Waals surface area contributed by atoms with Gasteiger partial charge in [-0.2, -0.15) is 5.10 Å². The van der Waals surface area contributed by atoms with Crippen molar-refractivity contribution in [2.24, 2.45) is 5.92 Å². The molecule has 1 aromatic heterocycles. The Morgan fingerprint density at radius 3 is 2.34 bits per heavy atom. The molecule has 0 spiro atoms. The summed E-state index contributed by atoms with van der Waals surface area (Å²) in [5, 5.41) is 6.85. The molecule has 0 saturated carbocycles. The zero-order valence-corrected chi connectivity index (χ0v) is 17.1. The molecule has 156 valence electrons. The number of carbonyl (C=O) groups is 2. The molecule has 2 aromatic rings. The number of esters is 1. The summed E-state index contributed by atoms with van der Waals surface area (Å²) in [6, 6.07) is 7.29. The number of ether oxygens (including phenoxy) is 3. The largest absolute Gasteiger partial charge is 0.493 e. The Labute approximate surface area is 168 Å². The van der Waals surface area contributed by atoms with Crippen LogP contribution < -0.4 is 20.3 Å². The molecule has 9 heteroatoms. The summed E-state index contributed by atoms with van der Waals surface area (Å²) >= 11 is 0. The fraction of sp³-hybridized carbons (Fsp3) is 0.400. The van der Waals surface area contributed by atoms with Gasteiger partial charge in [-0.05, 0) is 30.2 Å². The van der Waals surface area contributed by atoms with Crippen molar-refractivity contribution in [2.45, 2.75) is 26.4 Å². The number of hydrogen-bond acceptors (Lipinski definition) is 7. The van der Waals surface area contributed by atoms with Gasteiger partial charge in [0.1, 0.15) is 12.6 Å². The van der Waals surface area contributed by atoms with Crippen LogP contribution in [0.1, 0.15) is 13.8 Å². The molecule has 9 nitrogen and oxygen atoms in total. The van der Waals surface area contributed by atoms with Gasteiger partial charge < -0.3 is 19.5 Å². The summed E-state index contributed by atoms with van der Waals surface area (Å²) in [6.07, 6.45) is 0. The van der Waals surface area contributed by atoms with Gasteiger partial charge in [-0.3, -0.25) is 9.59 Å². The lowest BCUT2D eigenvalue weighted by Crippen LogP contribution is -2.47. The number of methoxy groups -OCH3 is 3. The summed E-state index contributed by atoms with van der Waals surface area (Å²) in [5.41, 5.74) is 0.724. The lowest BCUT2D eigenvalue weighted by Gasteiger charge is -2.19. The van der Waals surface area contributed by atoms with Gasteiger partial charge in [0, 0.05) is 11.6 Å². The van der Waals surface area contributed by atoms with Crippen LogP contribution in [0.4, 0.5) is 0 Å². The number of nitrogens with zero attached hydrogens (tertiary/aromatic N) is 2. The van der Waals surface area contributed by atoms with Gasteiger partial charge in [-0.1, -0.05) is 13.8 Å². The molecule has 1 N–H and O–H groups in total. The molecular formula is C20H25N3O6. The molecule has 1 amide bonds. The Bertz CT molecular complexity index is 938. The normalized spacial score (nSPS) is 11.7. The van der Waals surface area contributed by atoms with Crippen LogP contribution in [-0.2, 0) is 20.9 Å². The minimum Gasteiger partial charge on any atom is -0.493 e. The van der Waals surface area contributed by atoms with Gasteiger partial charge >= 0.3 is 5.97 Å². The molecule has 1 unspecified atom stereocenters. The fourth-order valence-electron chi connectivity index (χ4n) is 2.69. The maximum absolute atomic E-state index is 12.4. The van der Waals surface area contributed by atoms with E-state index in [0.717, 1.165) is 4.68 Å². The van der Waals surface area contributed by atoms with E-state index in [4.69, 9.17) is 14.2 Å². The van der Waals surface area contributed by atoms with Crippen LogP contribution in [-0.4, -0.2) is 49.0 Å². The third-order valence-corrected chi connectivity index (χ3v) is 4.28. The van der Waals surface area contributed by atoms with E-state index in [1.807, 2.05) is 0 Å². The van der Waals surface area contributed by atoms with E-state index in [-0.39, 0.29) is 12.5 Å².